The van der Waals surface area contributed by atoms with Gasteiger partial charge in [0.15, 0.2) is 5.16 Å². The van der Waals surface area contributed by atoms with Crippen LogP contribution < -0.4 is 15.6 Å². The van der Waals surface area contributed by atoms with Gasteiger partial charge >= 0.3 is 0 Å². The van der Waals surface area contributed by atoms with Crippen molar-refractivity contribution in [2.24, 2.45) is 0 Å². The summed E-state index contributed by atoms with van der Waals surface area (Å²) in [6.07, 6.45) is 0.738. The second-order valence-corrected chi connectivity index (χ2v) is 8.39. The fourth-order valence-corrected chi connectivity index (χ4v) is 4.16. The molecule has 2 N–H and O–H groups in total. The summed E-state index contributed by atoms with van der Waals surface area (Å²) in [6, 6.07) is 19.2. The van der Waals surface area contributed by atoms with E-state index in [-0.39, 0.29) is 17.2 Å². The molecule has 0 saturated carbocycles. The lowest BCUT2D eigenvalue weighted by atomic mass is 10.1. The molecule has 156 valence electrons. The molecule has 0 aliphatic rings. The Hall–Kier alpha value is -2.71. The Labute approximate surface area is 183 Å². The van der Waals surface area contributed by atoms with E-state index in [0.29, 0.717) is 23.1 Å². The van der Waals surface area contributed by atoms with Crippen molar-refractivity contribution >= 4 is 29.4 Å². The quantitative estimate of drug-likeness (QED) is 0.370. The highest BCUT2D eigenvalue weighted by molar-refractivity contribution is 7.99. The summed E-state index contributed by atoms with van der Waals surface area (Å²) >= 11 is 2.84. The number of aromatic amines is 1. The van der Waals surface area contributed by atoms with E-state index in [4.69, 9.17) is 4.74 Å². The van der Waals surface area contributed by atoms with Gasteiger partial charge in [-0.2, -0.15) is 0 Å². The number of carbonyl (C=O) groups excluding carboxylic acids is 1. The van der Waals surface area contributed by atoms with Crippen LogP contribution in [0.15, 0.2) is 75.5 Å². The lowest BCUT2D eigenvalue weighted by Crippen LogP contribution is -2.27. The van der Waals surface area contributed by atoms with E-state index >= 15 is 0 Å². The number of ether oxygens (including phenoxy) is 1. The van der Waals surface area contributed by atoms with Crippen molar-refractivity contribution in [2.75, 3.05) is 19.4 Å². The molecule has 30 heavy (non-hydrogen) atoms. The fourth-order valence-electron chi connectivity index (χ4n) is 2.62. The Morgan fingerprint density at radius 1 is 1.10 bits per heavy atom. The number of amides is 1. The molecule has 0 bridgehead atoms. The average Bonchev–Trinajstić information content (AvgIpc) is 2.77. The van der Waals surface area contributed by atoms with Gasteiger partial charge in [0, 0.05) is 23.3 Å². The molecular formula is C22H23N3O3S2. The number of nitrogens with zero attached hydrogens (tertiary/aromatic N) is 1. The van der Waals surface area contributed by atoms with Crippen molar-refractivity contribution < 1.29 is 9.53 Å². The van der Waals surface area contributed by atoms with E-state index in [9.17, 15) is 9.59 Å². The molecule has 6 nitrogen and oxygen atoms in total. The van der Waals surface area contributed by atoms with Crippen molar-refractivity contribution in [1.29, 1.82) is 0 Å². The minimum atomic E-state index is -0.212. The Bertz CT molecular complexity index is 1010. The largest absolute Gasteiger partial charge is 0.497 e. The SMILES string of the molecule is COc1ccc(CCNC(=O)CSc2nc(CSc3ccccc3)cc(=O)[nH]2)cc1. The highest BCUT2D eigenvalue weighted by Gasteiger charge is 2.07. The van der Waals surface area contributed by atoms with Gasteiger partial charge in [0.05, 0.1) is 18.6 Å². The zero-order valence-electron chi connectivity index (χ0n) is 16.6. The van der Waals surface area contributed by atoms with Gasteiger partial charge in [0.1, 0.15) is 5.75 Å². The molecule has 0 aliphatic carbocycles. The molecule has 0 radical (unpaired) electrons. The van der Waals surface area contributed by atoms with Crippen LogP contribution in [-0.2, 0) is 17.0 Å². The second-order valence-electron chi connectivity index (χ2n) is 6.38. The van der Waals surface area contributed by atoms with Gasteiger partial charge in [0.25, 0.3) is 5.56 Å². The third-order valence-corrected chi connectivity index (χ3v) is 6.06. The van der Waals surface area contributed by atoms with E-state index < -0.39 is 0 Å². The summed E-state index contributed by atoms with van der Waals surface area (Å²) in [5.41, 5.74) is 1.60. The van der Waals surface area contributed by atoms with Crippen molar-refractivity contribution in [2.45, 2.75) is 22.2 Å². The molecule has 0 fully saturated rings. The van der Waals surface area contributed by atoms with Gasteiger partial charge in [-0.3, -0.25) is 9.59 Å². The molecule has 1 aromatic heterocycles. The van der Waals surface area contributed by atoms with Crippen molar-refractivity contribution in [3.8, 4) is 5.75 Å². The van der Waals surface area contributed by atoms with Crippen LogP contribution in [0.1, 0.15) is 11.3 Å². The Balaban J connectivity index is 1.44. The lowest BCUT2D eigenvalue weighted by Gasteiger charge is -2.07. The van der Waals surface area contributed by atoms with Crippen LogP contribution >= 0.6 is 23.5 Å². The first-order valence-corrected chi connectivity index (χ1v) is 11.4. The maximum atomic E-state index is 12.1. The monoisotopic (exact) mass is 441 g/mol. The normalized spacial score (nSPS) is 10.6. The van der Waals surface area contributed by atoms with E-state index in [1.807, 2.05) is 54.6 Å². The molecule has 0 unspecified atom stereocenters. The fraction of sp³-hybridized carbons (Fsp3) is 0.227. The number of thioether (sulfide) groups is 2. The summed E-state index contributed by atoms with van der Waals surface area (Å²) < 4.78 is 5.14. The third kappa shape index (κ3) is 7.27. The minimum Gasteiger partial charge on any atom is -0.497 e. The van der Waals surface area contributed by atoms with Gasteiger partial charge in [-0.15, -0.1) is 11.8 Å². The third-order valence-electron chi connectivity index (χ3n) is 4.14. The number of hydrogen-bond donors (Lipinski definition) is 2. The number of aromatic nitrogens is 2. The van der Waals surface area contributed by atoms with Gasteiger partial charge < -0.3 is 15.0 Å². The summed E-state index contributed by atoms with van der Waals surface area (Å²) in [5, 5.41) is 3.35. The zero-order chi connectivity index (χ0) is 21.2. The molecule has 0 aliphatic heterocycles. The average molecular weight is 442 g/mol. The number of methoxy groups -OCH3 is 1. The Morgan fingerprint density at radius 2 is 1.87 bits per heavy atom. The molecule has 1 heterocycles. The summed E-state index contributed by atoms with van der Waals surface area (Å²) in [4.78, 5) is 32.3. The number of benzene rings is 2. The van der Waals surface area contributed by atoms with Gasteiger partial charge in [-0.25, -0.2) is 4.98 Å². The van der Waals surface area contributed by atoms with Crippen molar-refractivity contribution in [1.82, 2.24) is 15.3 Å². The van der Waals surface area contributed by atoms with E-state index in [0.717, 1.165) is 22.6 Å². The van der Waals surface area contributed by atoms with E-state index in [1.165, 1.54) is 17.8 Å². The van der Waals surface area contributed by atoms with Gasteiger partial charge in [-0.05, 0) is 36.2 Å². The number of carbonyl (C=O) groups is 1. The van der Waals surface area contributed by atoms with Crippen LogP contribution in [0.5, 0.6) is 5.75 Å². The predicted octanol–water partition coefficient (Wildman–Crippen LogP) is 3.52. The van der Waals surface area contributed by atoms with Crippen LogP contribution in [0.25, 0.3) is 0 Å². The molecule has 0 saturated heterocycles. The first kappa shape index (κ1) is 22.0. The van der Waals surface area contributed by atoms with E-state index in [1.54, 1.807) is 18.9 Å². The maximum absolute atomic E-state index is 12.1. The summed E-state index contributed by atoms with van der Waals surface area (Å²) in [7, 11) is 1.63. The molecule has 8 heteroatoms. The number of hydrogen-bond acceptors (Lipinski definition) is 6. The van der Waals surface area contributed by atoms with Gasteiger partial charge in [0.2, 0.25) is 5.91 Å². The van der Waals surface area contributed by atoms with E-state index in [2.05, 4.69) is 15.3 Å². The predicted molar refractivity (Wildman–Crippen MR) is 121 cm³/mol. The van der Waals surface area contributed by atoms with Crippen LogP contribution in [-0.4, -0.2) is 35.3 Å². The van der Waals surface area contributed by atoms with Crippen LogP contribution in [0, 0.1) is 0 Å². The van der Waals surface area contributed by atoms with Crippen LogP contribution in [0.4, 0.5) is 0 Å². The Kier molecular flexibility index (Phi) is 8.41. The highest BCUT2D eigenvalue weighted by Crippen LogP contribution is 2.21. The Morgan fingerprint density at radius 3 is 2.60 bits per heavy atom. The molecule has 0 atom stereocenters. The number of H-pyrrole nitrogens is 1. The first-order chi connectivity index (χ1) is 14.6. The zero-order valence-corrected chi connectivity index (χ0v) is 18.2. The standard InChI is InChI=1S/C22H23N3O3S2/c1-28-18-9-7-16(8-10-18)11-12-23-21(27)15-30-22-24-17(13-20(26)25-22)14-29-19-5-3-2-4-6-19/h2-10,13H,11-12,14-15H2,1H3,(H,23,27)(H,24,25,26). The smallest absolute Gasteiger partial charge is 0.251 e. The maximum Gasteiger partial charge on any atom is 0.251 e. The van der Waals surface area contributed by atoms with Crippen LogP contribution in [0.3, 0.4) is 0 Å². The highest BCUT2D eigenvalue weighted by atomic mass is 32.2. The lowest BCUT2D eigenvalue weighted by molar-refractivity contribution is -0.118. The summed E-state index contributed by atoms with van der Waals surface area (Å²) in [6.45, 7) is 0.545. The topological polar surface area (TPSA) is 84.1 Å². The first-order valence-electron chi connectivity index (χ1n) is 9.43. The molecular weight excluding hydrogens is 418 g/mol. The van der Waals surface area contributed by atoms with Crippen LogP contribution in [0.2, 0.25) is 0 Å². The minimum absolute atomic E-state index is 0.0970. The number of nitrogens with one attached hydrogen (secondary N) is 2. The van der Waals surface area contributed by atoms with Gasteiger partial charge in [-0.1, -0.05) is 42.1 Å². The molecule has 3 rings (SSSR count). The summed E-state index contributed by atoms with van der Waals surface area (Å²) in [5.74, 6) is 1.50. The molecule has 3 aromatic rings. The van der Waals surface area contributed by atoms with Crippen molar-refractivity contribution in [3.05, 3.63) is 82.3 Å². The number of rotatable bonds is 10. The molecule has 2 aromatic carbocycles. The molecule has 0 spiro atoms. The molecule has 1 amide bonds. The second kappa shape index (κ2) is 11.5. The van der Waals surface area contributed by atoms with Crippen molar-refractivity contribution in [3.63, 3.8) is 0 Å².